The van der Waals surface area contributed by atoms with Gasteiger partial charge in [-0.3, -0.25) is 0 Å². The lowest BCUT2D eigenvalue weighted by Crippen LogP contribution is -2.17. The number of rotatable bonds is 2. The third-order valence-electron chi connectivity index (χ3n) is 4.28. The Labute approximate surface area is 154 Å². The first kappa shape index (κ1) is 19.4. The molecule has 0 aliphatic heterocycles. The second-order valence-electron chi connectivity index (χ2n) is 7.29. The van der Waals surface area contributed by atoms with Gasteiger partial charge in [-0.2, -0.15) is 17.6 Å². The van der Waals surface area contributed by atoms with E-state index in [9.17, 15) is 26.0 Å². The average molecular weight is 399 g/mol. The summed E-state index contributed by atoms with van der Waals surface area (Å²) in [5.74, 6) is -1.15. The van der Waals surface area contributed by atoms with Crippen LogP contribution in [0.3, 0.4) is 0 Å². The van der Waals surface area contributed by atoms with Gasteiger partial charge in [0.05, 0.1) is 16.0 Å². The molecule has 0 amide bonds. The fourth-order valence-electron chi connectivity index (χ4n) is 2.81. The minimum Gasteiger partial charge on any atom is -0.208 e. The standard InChI is InChI=1S/C19H17F4NO2S/c1-18(2,3)13-5-4-6-15(11-13)27(25,26)24-16-8-7-14(19(21,22)23)9-12(16)10-17(24)20/h4-11H,1-3H3. The van der Waals surface area contributed by atoms with Gasteiger partial charge in [0.1, 0.15) is 0 Å². The molecule has 1 aromatic heterocycles. The predicted octanol–water partition coefficient (Wildman–Crippen LogP) is 5.33. The molecule has 8 heteroatoms. The first-order valence-electron chi connectivity index (χ1n) is 8.06. The predicted molar refractivity (Wildman–Crippen MR) is 94.6 cm³/mol. The molecule has 0 N–H and O–H groups in total. The van der Waals surface area contributed by atoms with Crippen LogP contribution in [0.15, 0.2) is 53.4 Å². The molecule has 2 aromatic carbocycles. The van der Waals surface area contributed by atoms with E-state index < -0.39 is 27.7 Å². The highest BCUT2D eigenvalue weighted by atomic mass is 32.2. The Balaban J connectivity index is 2.21. The Morgan fingerprint density at radius 1 is 0.889 bits per heavy atom. The lowest BCUT2D eigenvalue weighted by atomic mass is 9.87. The van der Waals surface area contributed by atoms with Gasteiger partial charge in [0.2, 0.25) is 5.95 Å². The van der Waals surface area contributed by atoms with Crippen molar-refractivity contribution >= 4 is 20.9 Å². The molecule has 3 aromatic rings. The van der Waals surface area contributed by atoms with Crippen LogP contribution >= 0.6 is 0 Å². The Morgan fingerprint density at radius 2 is 1.56 bits per heavy atom. The van der Waals surface area contributed by atoms with E-state index in [1.165, 1.54) is 12.1 Å². The summed E-state index contributed by atoms with van der Waals surface area (Å²) < 4.78 is 79.4. The number of nitrogens with zero attached hydrogens (tertiary/aromatic N) is 1. The molecule has 0 aliphatic carbocycles. The van der Waals surface area contributed by atoms with Gasteiger partial charge in [-0.1, -0.05) is 32.9 Å². The highest BCUT2D eigenvalue weighted by Crippen LogP contribution is 2.34. The van der Waals surface area contributed by atoms with Gasteiger partial charge in [-0.05, 0) is 41.3 Å². The molecule has 1 heterocycles. The van der Waals surface area contributed by atoms with E-state index in [4.69, 9.17) is 0 Å². The van der Waals surface area contributed by atoms with Crippen LogP contribution in [0.1, 0.15) is 31.9 Å². The summed E-state index contributed by atoms with van der Waals surface area (Å²) in [5, 5.41) is -0.141. The second-order valence-corrected chi connectivity index (χ2v) is 9.07. The molecule has 144 valence electrons. The van der Waals surface area contributed by atoms with E-state index in [0.29, 0.717) is 3.97 Å². The van der Waals surface area contributed by atoms with E-state index in [1.54, 1.807) is 12.1 Å². The van der Waals surface area contributed by atoms with Crippen LogP contribution in [-0.2, 0) is 21.6 Å². The van der Waals surface area contributed by atoms with Gasteiger partial charge in [-0.25, -0.2) is 12.4 Å². The molecule has 0 saturated carbocycles. The highest BCUT2D eigenvalue weighted by molar-refractivity contribution is 7.90. The molecule has 3 nitrogen and oxygen atoms in total. The van der Waals surface area contributed by atoms with E-state index in [-0.39, 0.29) is 21.2 Å². The zero-order valence-electron chi connectivity index (χ0n) is 14.8. The van der Waals surface area contributed by atoms with E-state index in [1.807, 2.05) is 20.8 Å². The van der Waals surface area contributed by atoms with Crippen LogP contribution in [0.5, 0.6) is 0 Å². The molecule has 0 atom stereocenters. The summed E-state index contributed by atoms with van der Waals surface area (Å²) in [4.78, 5) is -0.133. The summed E-state index contributed by atoms with van der Waals surface area (Å²) in [5.41, 5.74) is -0.717. The lowest BCUT2D eigenvalue weighted by Gasteiger charge is -2.20. The number of aromatic nitrogens is 1. The van der Waals surface area contributed by atoms with Crippen molar-refractivity contribution in [2.75, 3.05) is 0 Å². The Hall–Kier alpha value is -2.35. The van der Waals surface area contributed by atoms with Crippen LogP contribution in [-0.4, -0.2) is 12.4 Å². The second kappa shape index (κ2) is 6.09. The van der Waals surface area contributed by atoms with Crippen molar-refractivity contribution in [1.29, 1.82) is 0 Å². The van der Waals surface area contributed by atoms with Gasteiger partial charge in [0, 0.05) is 11.5 Å². The quantitative estimate of drug-likeness (QED) is 0.546. The van der Waals surface area contributed by atoms with Crippen molar-refractivity contribution in [1.82, 2.24) is 3.97 Å². The third kappa shape index (κ3) is 3.45. The molecular formula is C19H17F4NO2S. The number of fused-ring (bicyclic) bond motifs is 1. The van der Waals surface area contributed by atoms with Gasteiger partial charge in [-0.15, -0.1) is 0 Å². The maximum atomic E-state index is 14.5. The summed E-state index contributed by atoms with van der Waals surface area (Å²) in [6.07, 6.45) is -4.60. The fourth-order valence-corrected chi connectivity index (χ4v) is 4.25. The fraction of sp³-hybridized carbons (Fsp3) is 0.263. The summed E-state index contributed by atoms with van der Waals surface area (Å²) in [6.45, 7) is 5.72. The third-order valence-corrected chi connectivity index (χ3v) is 5.98. The van der Waals surface area contributed by atoms with Crippen molar-refractivity contribution in [3.05, 3.63) is 65.6 Å². The molecule has 3 rings (SSSR count). The molecule has 27 heavy (non-hydrogen) atoms. The monoisotopic (exact) mass is 399 g/mol. The van der Waals surface area contributed by atoms with Crippen molar-refractivity contribution in [3.63, 3.8) is 0 Å². The van der Waals surface area contributed by atoms with Gasteiger partial charge < -0.3 is 0 Å². The largest absolute Gasteiger partial charge is 0.416 e. The maximum Gasteiger partial charge on any atom is 0.416 e. The SMILES string of the molecule is CC(C)(C)c1cccc(S(=O)(=O)n2c(F)cc3cc(C(F)(F)F)ccc32)c1. The van der Waals surface area contributed by atoms with Crippen molar-refractivity contribution in [3.8, 4) is 0 Å². The molecule has 0 radical (unpaired) electrons. The highest BCUT2D eigenvalue weighted by Gasteiger charge is 2.32. The minimum absolute atomic E-state index is 0.133. The van der Waals surface area contributed by atoms with E-state index >= 15 is 0 Å². The average Bonchev–Trinajstić information content (AvgIpc) is 2.88. The molecule has 0 unspecified atom stereocenters. The normalized spacial score (nSPS) is 13.3. The van der Waals surface area contributed by atoms with Gasteiger partial charge in [0.25, 0.3) is 10.0 Å². The molecule has 0 saturated heterocycles. The molecule has 0 fully saturated rings. The van der Waals surface area contributed by atoms with Crippen LogP contribution in [0.25, 0.3) is 10.9 Å². The van der Waals surface area contributed by atoms with Crippen LogP contribution in [0.2, 0.25) is 0 Å². The maximum absolute atomic E-state index is 14.5. The van der Waals surface area contributed by atoms with E-state index in [2.05, 4.69) is 0 Å². The van der Waals surface area contributed by atoms with Crippen LogP contribution < -0.4 is 0 Å². The van der Waals surface area contributed by atoms with Crippen LogP contribution in [0, 0.1) is 5.95 Å². The Bertz CT molecular complexity index is 1120. The number of alkyl halides is 3. The van der Waals surface area contributed by atoms with Crippen LogP contribution in [0.4, 0.5) is 17.6 Å². The zero-order chi connectivity index (χ0) is 20.2. The van der Waals surface area contributed by atoms with Gasteiger partial charge in [0.15, 0.2) is 0 Å². The Morgan fingerprint density at radius 3 is 2.15 bits per heavy atom. The number of hydrogen-bond acceptors (Lipinski definition) is 2. The Kier molecular flexibility index (Phi) is 4.38. The smallest absolute Gasteiger partial charge is 0.208 e. The van der Waals surface area contributed by atoms with Gasteiger partial charge >= 0.3 is 6.18 Å². The zero-order valence-corrected chi connectivity index (χ0v) is 15.6. The summed E-state index contributed by atoms with van der Waals surface area (Å²) in [7, 11) is -4.32. The number of hydrogen-bond donors (Lipinski definition) is 0. The van der Waals surface area contributed by atoms with Crippen molar-refractivity contribution in [2.45, 2.75) is 37.3 Å². The topological polar surface area (TPSA) is 39.1 Å². The molecule has 0 bridgehead atoms. The summed E-state index contributed by atoms with van der Waals surface area (Å²) >= 11 is 0. The molecular weight excluding hydrogens is 382 g/mol. The number of halogens is 4. The first-order chi connectivity index (χ1) is 12.3. The summed E-state index contributed by atoms with van der Waals surface area (Å²) in [6, 6.07) is 9.32. The molecule has 0 aliphatic rings. The number of benzene rings is 2. The van der Waals surface area contributed by atoms with E-state index in [0.717, 1.165) is 29.8 Å². The lowest BCUT2D eigenvalue weighted by molar-refractivity contribution is -0.137. The minimum atomic E-state index is -4.60. The molecule has 0 spiro atoms. The first-order valence-corrected chi connectivity index (χ1v) is 9.50. The van der Waals surface area contributed by atoms with Crippen molar-refractivity contribution < 1.29 is 26.0 Å². The van der Waals surface area contributed by atoms with Crippen molar-refractivity contribution in [2.24, 2.45) is 0 Å².